The number of ketones is 1. The lowest BCUT2D eigenvalue weighted by atomic mass is 10.1. The molecule has 0 spiro atoms. The number of nitrogens with zero attached hydrogens (tertiary/aromatic N) is 1. The van der Waals surface area contributed by atoms with Gasteiger partial charge in [-0.2, -0.15) is 0 Å². The van der Waals surface area contributed by atoms with Crippen molar-refractivity contribution in [3.63, 3.8) is 0 Å². The lowest BCUT2D eigenvalue weighted by Gasteiger charge is -2.17. The molecule has 1 aromatic carbocycles. The van der Waals surface area contributed by atoms with Crippen molar-refractivity contribution in [2.24, 2.45) is 11.5 Å². The fraction of sp³-hybridized carbons (Fsp3) is 0.200. The highest BCUT2D eigenvalue weighted by molar-refractivity contribution is 6.05. The Morgan fingerprint density at radius 3 is 2.47 bits per heavy atom. The van der Waals surface area contributed by atoms with Gasteiger partial charge in [-0.3, -0.25) is 9.69 Å². The number of benzene rings is 1. The van der Waals surface area contributed by atoms with Gasteiger partial charge in [0.05, 0.1) is 12.2 Å². The molecule has 1 rings (SSSR count). The molecule has 4 N–H and O–H groups in total. The van der Waals surface area contributed by atoms with Crippen molar-refractivity contribution in [1.82, 2.24) is 0 Å². The van der Waals surface area contributed by atoms with E-state index in [4.69, 9.17) is 11.5 Å². The lowest BCUT2D eigenvalue weighted by Crippen LogP contribution is -2.33. The Morgan fingerprint density at radius 1 is 1.33 bits per heavy atom. The van der Waals surface area contributed by atoms with E-state index in [-0.39, 0.29) is 12.3 Å². The van der Waals surface area contributed by atoms with Gasteiger partial charge in [-0.15, -0.1) is 0 Å². The van der Waals surface area contributed by atoms with Gasteiger partial charge in [0.25, 0.3) is 0 Å². The third-order valence-corrected chi connectivity index (χ3v) is 2.08. The van der Waals surface area contributed by atoms with E-state index in [9.17, 15) is 9.59 Å². The van der Waals surface area contributed by atoms with E-state index in [2.05, 4.69) is 0 Å². The van der Waals surface area contributed by atoms with Gasteiger partial charge in [0.2, 0.25) is 0 Å². The number of rotatable bonds is 3. The molecule has 0 bridgehead atoms. The summed E-state index contributed by atoms with van der Waals surface area (Å²) >= 11 is 0. The van der Waals surface area contributed by atoms with Crippen LogP contribution in [-0.2, 0) is 0 Å². The second kappa shape index (κ2) is 4.56. The van der Waals surface area contributed by atoms with Crippen LogP contribution in [0.15, 0.2) is 24.3 Å². The number of carbonyl (C=O) groups is 2. The van der Waals surface area contributed by atoms with Gasteiger partial charge >= 0.3 is 6.03 Å². The molecule has 0 unspecified atom stereocenters. The van der Waals surface area contributed by atoms with Crippen LogP contribution in [0.5, 0.6) is 0 Å². The summed E-state index contributed by atoms with van der Waals surface area (Å²) in [4.78, 5) is 23.6. The second-order valence-electron chi connectivity index (χ2n) is 3.04. The summed E-state index contributed by atoms with van der Waals surface area (Å²) in [6, 6.07) is 6.08. The van der Waals surface area contributed by atoms with E-state index < -0.39 is 6.03 Å². The Hall–Kier alpha value is -1.88. The van der Waals surface area contributed by atoms with Crippen LogP contribution in [-0.4, -0.2) is 25.4 Å². The van der Waals surface area contributed by atoms with Gasteiger partial charge in [-0.25, -0.2) is 4.79 Å². The SMILES string of the molecule is CN(C(N)=O)c1ccccc1C(=O)CN. The minimum Gasteiger partial charge on any atom is -0.351 e. The highest BCUT2D eigenvalue weighted by Crippen LogP contribution is 2.18. The Balaban J connectivity index is 3.17. The van der Waals surface area contributed by atoms with Crippen LogP contribution in [0, 0.1) is 0 Å². The number of hydrogen-bond acceptors (Lipinski definition) is 3. The first-order valence-corrected chi connectivity index (χ1v) is 4.43. The zero-order valence-electron chi connectivity index (χ0n) is 8.43. The Bertz CT molecular complexity index is 390. The maximum atomic E-state index is 11.5. The van der Waals surface area contributed by atoms with Crippen LogP contribution < -0.4 is 16.4 Å². The Kier molecular flexibility index (Phi) is 3.41. The number of nitrogens with two attached hydrogens (primary N) is 2. The third kappa shape index (κ3) is 2.32. The summed E-state index contributed by atoms with van der Waals surface area (Å²) in [6.45, 7) is -0.0936. The van der Waals surface area contributed by atoms with Crippen molar-refractivity contribution >= 4 is 17.5 Å². The molecule has 5 nitrogen and oxygen atoms in total. The number of primary amides is 1. The minimum atomic E-state index is -0.618. The highest BCUT2D eigenvalue weighted by Gasteiger charge is 2.14. The molecule has 15 heavy (non-hydrogen) atoms. The fourth-order valence-electron chi connectivity index (χ4n) is 1.23. The van der Waals surface area contributed by atoms with E-state index in [1.54, 1.807) is 24.3 Å². The number of Topliss-reactive ketones (excluding diaryl/α,β-unsaturated/α-hetero) is 1. The van der Waals surface area contributed by atoms with E-state index in [0.717, 1.165) is 0 Å². The van der Waals surface area contributed by atoms with E-state index >= 15 is 0 Å². The summed E-state index contributed by atoms with van der Waals surface area (Å²) in [5, 5.41) is 0. The fourth-order valence-corrected chi connectivity index (χ4v) is 1.23. The van der Waals surface area contributed by atoms with Crippen molar-refractivity contribution in [2.75, 3.05) is 18.5 Å². The van der Waals surface area contributed by atoms with E-state index in [1.807, 2.05) is 0 Å². The van der Waals surface area contributed by atoms with Gasteiger partial charge in [-0.05, 0) is 12.1 Å². The van der Waals surface area contributed by atoms with Crippen molar-refractivity contribution in [3.05, 3.63) is 29.8 Å². The molecule has 80 valence electrons. The maximum Gasteiger partial charge on any atom is 0.319 e. The number of anilines is 1. The Morgan fingerprint density at radius 2 is 1.93 bits per heavy atom. The molecule has 1 aromatic rings. The molecular formula is C10H13N3O2. The standard InChI is InChI=1S/C10H13N3O2/c1-13(10(12)15)8-5-3-2-4-7(8)9(14)6-11/h2-5H,6,11H2,1H3,(H2,12,15). The first kappa shape index (κ1) is 11.2. The average molecular weight is 207 g/mol. The lowest BCUT2D eigenvalue weighted by molar-refractivity contribution is 0.100. The van der Waals surface area contributed by atoms with Gasteiger partial charge < -0.3 is 11.5 Å². The van der Waals surface area contributed by atoms with Gasteiger partial charge in [0, 0.05) is 12.6 Å². The van der Waals surface area contributed by atoms with Crippen molar-refractivity contribution in [3.8, 4) is 0 Å². The normalized spacial score (nSPS) is 9.73. The molecule has 0 aromatic heterocycles. The molecule has 0 atom stereocenters. The number of amides is 2. The zero-order chi connectivity index (χ0) is 11.4. The minimum absolute atomic E-state index is 0.0936. The Labute approximate surface area is 87.7 Å². The molecule has 2 amide bonds. The highest BCUT2D eigenvalue weighted by atomic mass is 16.2. The second-order valence-corrected chi connectivity index (χ2v) is 3.04. The van der Waals surface area contributed by atoms with Crippen LogP contribution in [0.2, 0.25) is 0 Å². The number of para-hydroxylation sites is 1. The third-order valence-electron chi connectivity index (χ3n) is 2.08. The largest absolute Gasteiger partial charge is 0.351 e. The number of urea groups is 1. The summed E-state index contributed by atoms with van der Waals surface area (Å²) in [5.74, 6) is -0.223. The van der Waals surface area contributed by atoms with Crippen LogP contribution in [0.25, 0.3) is 0 Å². The summed E-state index contributed by atoms with van der Waals surface area (Å²) in [6.07, 6.45) is 0. The van der Waals surface area contributed by atoms with Crippen LogP contribution in [0.1, 0.15) is 10.4 Å². The molecular weight excluding hydrogens is 194 g/mol. The first-order valence-electron chi connectivity index (χ1n) is 4.43. The number of carbonyl (C=O) groups excluding carboxylic acids is 2. The quantitative estimate of drug-likeness (QED) is 0.700. The monoisotopic (exact) mass is 207 g/mol. The smallest absolute Gasteiger partial charge is 0.319 e. The predicted octanol–water partition coefficient (Wildman–Crippen LogP) is 0.343. The summed E-state index contributed by atoms with van der Waals surface area (Å²) in [7, 11) is 1.50. The summed E-state index contributed by atoms with van der Waals surface area (Å²) < 4.78 is 0. The van der Waals surface area contributed by atoms with Crippen molar-refractivity contribution in [1.29, 1.82) is 0 Å². The van der Waals surface area contributed by atoms with E-state index in [1.165, 1.54) is 11.9 Å². The molecule has 0 saturated heterocycles. The number of hydrogen-bond donors (Lipinski definition) is 2. The average Bonchev–Trinajstić information content (AvgIpc) is 2.27. The summed E-state index contributed by atoms with van der Waals surface area (Å²) in [5.41, 5.74) is 11.3. The van der Waals surface area contributed by atoms with Gasteiger partial charge in [0.15, 0.2) is 5.78 Å². The van der Waals surface area contributed by atoms with Crippen LogP contribution in [0.4, 0.5) is 10.5 Å². The van der Waals surface area contributed by atoms with Gasteiger partial charge in [-0.1, -0.05) is 12.1 Å². The molecule has 0 radical (unpaired) electrons. The molecule has 0 aliphatic rings. The van der Waals surface area contributed by atoms with Crippen LogP contribution in [0.3, 0.4) is 0 Å². The molecule has 0 fully saturated rings. The molecule has 0 aliphatic heterocycles. The molecule has 0 aliphatic carbocycles. The first-order chi connectivity index (χ1) is 7.07. The predicted molar refractivity (Wildman–Crippen MR) is 57.8 cm³/mol. The van der Waals surface area contributed by atoms with E-state index in [0.29, 0.717) is 11.3 Å². The zero-order valence-corrected chi connectivity index (χ0v) is 8.43. The van der Waals surface area contributed by atoms with Crippen molar-refractivity contribution in [2.45, 2.75) is 0 Å². The molecule has 5 heteroatoms. The molecule has 0 saturated carbocycles. The van der Waals surface area contributed by atoms with Crippen LogP contribution >= 0.6 is 0 Å². The maximum absolute atomic E-state index is 11.5. The van der Waals surface area contributed by atoms with Crippen molar-refractivity contribution < 1.29 is 9.59 Å². The molecule has 0 heterocycles. The van der Waals surface area contributed by atoms with Gasteiger partial charge in [0.1, 0.15) is 0 Å². The topological polar surface area (TPSA) is 89.4 Å².